The first-order valence-electron chi connectivity index (χ1n) is 9.19. The first-order chi connectivity index (χ1) is 12.3. The number of hydrogen-bond acceptors (Lipinski definition) is 3. The van der Waals surface area contributed by atoms with E-state index in [4.69, 9.17) is 4.74 Å². The quantitative estimate of drug-likeness (QED) is 0.626. The molecule has 1 atom stereocenters. The zero-order chi connectivity index (χ0) is 19.2. The van der Waals surface area contributed by atoms with E-state index in [1.165, 1.54) is 0 Å². The second-order valence-electron chi connectivity index (χ2n) is 6.81. The number of unbranched alkanes of at least 4 members (excludes halogenated alkanes) is 1. The topological polar surface area (TPSA) is 55.4 Å². The molecule has 0 amide bonds. The Morgan fingerprint density at radius 1 is 1.04 bits per heavy atom. The highest BCUT2D eigenvalue weighted by Gasteiger charge is 2.21. The maximum atomic E-state index is 12.8. The third kappa shape index (κ3) is 5.32. The molecule has 142 valence electrons. The Bertz CT molecular complexity index is 801. The monoisotopic (exact) mass is 375 g/mol. The molecule has 2 aromatic carbocycles. The molecule has 0 aliphatic rings. The normalized spacial score (nSPS) is 13.0. The zero-order valence-electron chi connectivity index (χ0n) is 16.0. The summed E-state index contributed by atoms with van der Waals surface area (Å²) in [7, 11) is -3.61. The smallest absolute Gasteiger partial charge is 0.241 e. The summed E-state index contributed by atoms with van der Waals surface area (Å²) in [5.74, 6) is 0.942. The molecule has 0 aliphatic carbocycles. The maximum absolute atomic E-state index is 12.8. The number of rotatable bonds is 9. The zero-order valence-corrected chi connectivity index (χ0v) is 16.8. The summed E-state index contributed by atoms with van der Waals surface area (Å²) in [4.78, 5) is 0.270. The Kier molecular flexibility index (Phi) is 7.23. The molecule has 1 N–H and O–H groups in total. The van der Waals surface area contributed by atoms with Gasteiger partial charge < -0.3 is 4.74 Å². The van der Waals surface area contributed by atoms with Gasteiger partial charge >= 0.3 is 0 Å². The van der Waals surface area contributed by atoms with Crippen LogP contribution < -0.4 is 9.46 Å². The van der Waals surface area contributed by atoms with Gasteiger partial charge in [-0.25, -0.2) is 13.1 Å². The number of sulfonamides is 1. The molecule has 0 heterocycles. The molecule has 26 heavy (non-hydrogen) atoms. The second kappa shape index (κ2) is 9.19. The minimum absolute atomic E-state index is 0.174. The van der Waals surface area contributed by atoms with Crippen LogP contribution in [0.2, 0.25) is 0 Å². The highest BCUT2D eigenvalue weighted by molar-refractivity contribution is 7.89. The van der Waals surface area contributed by atoms with E-state index in [9.17, 15) is 8.42 Å². The molecule has 2 rings (SSSR count). The first-order valence-corrected chi connectivity index (χ1v) is 10.7. The van der Waals surface area contributed by atoms with Crippen LogP contribution in [-0.2, 0) is 10.0 Å². The van der Waals surface area contributed by atoms with E-state index in [1.54, 1.807) is 18.2 Å². The lowest BCUT2D eigenvalue weighted by atomic mass is 10.0. The fraction of sp³-hybridized carbons (Fsp3) is 0.429. The molecule has 2 aromatic rings. The molecule has 0 fully saturated rings. The van der Waals surface area contributed by atoms with Crippen LogP contribution in [0.1, 0.15) is 63.6 Å². The van der Waals surface area contributed by atoms with Crippen molar-refractivity contribution in [3.05, 3.63) is 59.7 Å². The predicted molar refractivity (Wildman–Crippen MR) is 106 cm³/mol. The Morgan fingerprint density at radius 2 is 1.73 bits per heavy atom. The third-order valence-corrected chi connectivity index (χ3v) is 5.84. The minimum atomic E-state index is -3.61. The summed E-state index contributed by atoms with van der Waals surface area (Å²) in [6.07, 6.45) is 2.04. The lowest BCUT2D eigenvalue weighted by molar-refractivity contribution is 0.305. The maximum Gasteiger partial charge on any atom is 0.241 e. The summed E-state index contributed by atoms with van der Waals surface area (Å²) in [6.45, 7) is 8.68. The van der Waals surface area contributed by atoms with Crippen molar-refractivity contribution in [3.8, 4) is 5.75 Å². The summed E-state index contributed by atoms with van der Waals surface area (Å²) in [5.41, 5.74) is 1.84. The van der Waals surface area contributed by atoms with E-state index in [0.717, 1.165) is 29.7 Å². The SMILES string of the molecule is CCCCOc1ccc(S(=O)(=O)N[C@H](C)c2ccccc2)cc1C(C)C. The Morgan fingerprint density at radius 3 is 2.35 bits per heavy atom. The predicted octanol–water partition coefficient (Wildman–Crippen LogP) is 5.03. The van der Waals surface area contributed by atoms with Crippen molar-refractivity contribution in [1.29, 1.82) is 0 Å². The third-order valence-electron chi connectivity index (χ3n) is 4.30. The van der Waals surface area contributed by atoms with Crippen molar-refractivity contribution < 1.29 is 13.2 Å². The molecule has 0 aliphatic heterocycles. The van der Waals surface area contributed by atoms with Crippen molar-refractivity contribution in [3.63, 3.8) is 0 Å². The Labute approximate surface area is 157 Å². The van der Waals surface area contributed by atoms with Gasteiger partial charge in [0.15, 0.2) is 0 Å². The molecule has 0 saturated carbocycles. The molecular weight excluding hydrogens is 346 g/mol. The molecule has 0 aromatic heterocycles. The van der Waals surface area contributed by atoms with Crippen molar-refractivity contribution in [2.75, 3.05) is 6.61 Å². The van der Waals surface area contributed by atoms with Gasteiger partial charge in [-0.15, -0.1) is 0 Å². The van der Waals surface area contributed by atoms with Crippen LogP contribution >= 0.6 is 0 Å². The van der Waals surface area contributed by atoms with Gasteiger partial charge in [0.2, 0.25) is 10.0 Å². The Hall–Kier alpha value is -1.85. The molecular formula is C21H29NO3S. The van der Waals surface area contributed by atoms with Gasteiger partial charge in [0.05, 0.1) is 11.5 Å². The number of hydrogen-bond donors (Lipinski definition) is 1. The molecule has 5 heteroatoms. The van der Waals surface area contributed by atoms with Gasteiger partial charge in [0.25, 0.3) is 0 Å². The van der Waals surface area contributed by atoms with Crippen molar-refractivity contribution in [2.45, 2.75) is 57.4 Å². The molecule has 0 bridgehead atoms. The van der Waals surface area contributed by atoms with Gasteiger partial charge in [-0.3, -0.25) is 0 Å². The lowest BCUT2D eigenvalue weighted by Crippen LogP contribution is -2.27. The van der Waals surface area contributed by atoms with Crippen molar-refractivity contribution >= 4 is 10.0 Å². The van der Waals surface area contributed by atoms with E-state index in [-0.39, 0.29) is 16.9 Å². The standard InChI is InChI=1S/C21H29NO3S/c1-5-6-14-25-21-13-12-19(15-20(21)16(2)3)26(23,24)22-17(4)18-10-8-7-9-11-18/h7-13,15-17,22H,5-6,14H2,1-4H3/t17-/m1/s1. The fourth-order valence-electron chi connectivity index (χ4n) is 2.71. The van der Waals surface area contributed by atoms with Crippen LogP contribution in [0.4, 0.5) is 0 Å². The van der Waals surface area contributed by atoms with Crippen LogP contribution in [0.5, 0.6) is 5.75 Å². The molecule has 0 radical (unpaired) electrons. The minimum Gasteiger partial charge on any atom is -0.493 e. The van der Waals surface area contributed by atoms with E-state index < -0.39 is 10.0 Å². The number of ether oxygens (including phenoxy) is 1. The summed E-state index contributed by atoms with van der Waals surface area (Å²) < 4.78 is 34.2. The van der Waals surface area contributed by atoms with Crippen LogP contribution in [0.25, 0.3) is 0 Å². The van der Waals surface area contributed by atoms with E-state index in [1.807, 2.05) is 51.1 Å². The highest BCUT2D eigenvalue weighted by Crippen LogP contribution is 2.30. The van der Waals surface area contributed by atoms with Crippen molar-refractivity contribution in [1.82, 2.24) is 4.72 Å². The average Bonchev–Trinajstić information content (AvgIpc) is 2.62. The van der Waals surface area contributed by atoms with Gasteiger partial charge in [-0.2, -0.15) is 0 Å². The van der Waals surface area contributed by atoms with Crippen LogP contribution in [0.15, 0.2) is 53.4 Å². The van der Waals surface area contributed by atoms with Crippen molar-refractivity contribution in [2.24, 2.45) is 0 Å². The molecule has 4 nitrogen and oxygen atoms in total. The van der Waals surface area contributed by atoms with Crippen LogP contribution in [0, 0.1) is 0 Å². The van der Waals surface area contributed by atoms with Gasteiger partial charge in [-0.1, -0.05) is 57.5 Å². The first kappa shape index (κ1) is 20.5. The summed E-state index contributed by atoms with van der Waals surface area (Å²) >= 11 is 0. The Balaban J connectivity index is 2.24. The van der Waals surface area contributed by atoms with Crippen LogP contribution in [-0.4, -0.2) is 15.0 Å². The van der Waals surface area contributed by atoms with Gasteiger partial charge in [-0.05, 0) is 48.6 Å². The number of benzene rings is 2. The van der Waals surface area contributed by atoms with E-state index >= 15 is 0 Å². The highest BCUT2D eigenvalue weighted by atomic mass is 32.2. The summed E-state index contributed by atoms with van der Waals surface area (Å²) in [5, 5.41) is 0. The lowest BCUT2D eigenvalue weighted by Gasteiger charge is -2.18. The molecule has 0 spiro atoms. The van der Waals surface area contributed by atoms with E-state index in [0.29, 0.717) is 6.61 Å². The largest absolute Gasteiger partial charge is 0.493 e. The van der Waals surface area contributed by atoms with Gasteiger partial charge in [0.1, 0.15) is 5.75 Å². The van der Waals surface area contributed by atoms with E-state index in [2.05, 4.69) is 11.6 Å². The fourth-order valence-corrected chi connectivity index (χ4v) is 3.98. The summed E-state index contributed by atoms with van der Waals surface area (Å²) in [6, 6.07) is 14.4. The second-order valence-corrected chi connectivity index (χ2v) is 8.52. The number of nitrogens with one attached hydrogen (secondary N) is 1. The van der Waals surface area contributed by atoms with Crippen LogP contribution in [0.3, 0.4) is 0 Å². The average molecular weight is 376 g/mol. The molecule has 0 unspecified atom stereocenters. The van der Waals surface area contributed by atoms with Gasteiger partial charge in [0, 0.05) is 6.04 Å². The molecule has 0 saturated heterocycles.